The van der Waals surface area contributed by atoms with E-state index in [9.17, 15) is 4.79 Å². The number of carbonyl (C=O) groups is 1. The first-order valence-electron chi connectivity index (χ1n) is 8.17. The van der Waals surface area contributed by atoms with E-state index in [4.69, 9.17) is 0 Å². The summed E-state index contributed by atoms with van der Waals surface area (Å²) in [6.07, 6.45) is 0. The van der Waals surface area contributed by atoms with E-state index in [1.807, 2.05) is 79.7 Å². The Morgan fingerprint density at radius 1 is 0.583 bits per heavy atom. The largest absolute Gasteiger partial charge is 0.273 e. The maximum atomic E-state index is 13.2. The van der Waals surface area contributed by atoms with Gasteiger partial charge in [-0.2, -0.15) is 0 Å². The highest BCUT2D eigenvalue weighted by atomic mass is 16.1. The second-order valence-electron chi connectivity index (χ2n) is 6.30. The third-order valence-corrected chi connectivity index (χ3v) is 4.22. The van der Waals surface area contributed by atoms with Gasteiger partial charge in [0, 0.05) is 0 Å². The highest BCUT2D eigenvalue weighted by Gasteiger charge is 2.30. The molecule has 0 atom stereocenters. The Kier molecular flexibility index (Phi) is 4.52. The van der Waals surface area contributed by atoms with E-state index in [0.29, 0.717) is 0 Å². The molecule has 0 aromatic heterocycles. The average Bonchev–Trinajstić information content (AvgIpc) is 2.59. The lowest BCUT2D eigenvalue weighted by atomic mass is 9.84. The van der Waals surface area contributed by atoms with Crippen LogP contribution in [0.1, 0.15) is 38.2 Å². The van der Waals surface area contributed by atoms with Crippen molar-refractivity contribution in [2.75, 3.05) is 0 Å². The molecule has 3 aromatic rings. The van der Waals surface area contributed by atoms with Crippen molar-refractivity contribution in [2.45, 2.75) is 20.8 Å². The number of aryl methyl sites for hydroxylation is 3. The molecule has 1 nitrogen and oxygen atoms in total. The molecule has 3 aromatic carbocycles. The second kappa shape index (κ2) is 6.76. The quantitative estimate of drug-likeness (QED) is 0.461. The molecule has 0 bridgehead atoms. The topological polar surface area (TPSA) is 17.1 Å². The molecule has 0 aliphatic carbocycles. The molecule has 0 aliphatic rings. The van der Waals surface area contributed by atoms with E-state index < -0.39 is 0 Å². The molecule has 0 fully saturated rings. The number of Topliss-reactive ketones (excluding diaryl/α,β-unsaturated/α-hetero) is 1. The summed E-state index contributed by atoms with van der Waals surface area (Å²) in [4.78, 5) is 13.2. The average molecular weight is 313 g/mol. The van der Waals surface area contributed by atoms with Crippen LogP contribution in [-0.2, 0) is 0 Å². The minimum absolute atomic E-state index is 0.0581. The lowest BCUT2D eigenvalue weighted by Gasteiger charge is -2.12. The summed E-state index contributed by atoms with van der Waals surface area (Å²) in [5.41, 5.74) is 6.15. The third-order valence-electron chi connectivity index (χ3n) is 4.22. The third kappa shape index (κ3) is 3.41. The van der Waals surface area contributed by atoms with Gasteiger partial charge in [0.05, 0.1) is 16.7 Å². The van der Waals surface area contributed by atoms with E-state index in [2.05, 4.69) is 13.8 Å². The fraction of sp³-hybridized carbons (Fsp3) is 0.130. The van der Waals surface area contributed by atoms with Crippen LogP contribution in [0.4, 0.5) is 0 Å². The van der Waals surface area contributed by atoms with E-state index in [1.54, 1.807) is 0 Å². The summed E-state index contributed by atoms with van der Waals surface area (Å²) >= 11 is 0. The van der Waals surface area contributed by atoms with E-state index in [1.165, 1.54) is 11.1 Å². The first-order chi connectivity index (χ1) is 11.5. The molecule has 0 radical (unpaired) electrons. The van der Waals surface area contributed by atoms with Gasteiger partial charge in [-0.3, -0.25) is 4.79 Å². The molecule has 0 unspecified atom stereocenters. The normalized spacial score (nSPS) is 10.5. The molecule has 0 N–H and O–H groups in total. The number of hydrogen-bond donors (Lipinski definition) is 0. The zero-order valence-corrected chi connectivity index (χ0v) is 14.3. The smallest absolute Gasteiger partial charge is 0.248 e. The van der Waals surface area contributed by atoms with Crippen molar-refractivity contribution in [3.63, 3.8) is 0 Å². The Balaban J connectivity index is 2.07. The van der Waals surface area contributed by atoms with Crippen molar-refractivity contribution in [1.29, 1.82) is 0 Å². The molecule has 3 rings (SSSR count). The van der Waals surface area contributed by atoms with Crippen LogP contribution < -0.4 is 0 Å². The Morgan fingerprint density at radius 2 is 0.917 bits per heavy atom. The first kappa shape index (κ1) is 16.1. The van der Waals surface area contributed by atoms with Crippen LogP contribution >= 0.6 is 0 Å². The van der Waals surface area contributed by atoms with Crippen molar-refractivity contribution < 1.29 is 4.79 Å². The van der Waals surface area contributed by atoms with Crippen molar-refractivity contribution in [3.05, 3.63) is 112 Å². The highest BCUT2D eigenvalue weighted by molar-refractivity contribution is 6.11. The summed E-state index contributed by atoms with van der Waals surface area (Å²) in [7, 11) is 0. The lowest BCUT2D eigenvalue weighted by molar-refractivity contribution is 0.102. The molecular weight excluding hydrogens is 292 g/mol. The van der Waals surface area contributed by atoms with Gasteiger partial charge in [-0.15, -0.1) is 0 Å². The van der Waals surface area contributed by atoms with Gasteiger partial charge < -0.3 is 0 Å². The Hall–Kier alpha value is -2.80. The predicted molar refractivity (Wildman–Crippen MR) is 99.3 cm³/mol. The van der Waals surface area contributed by atoms with Crippen LogP contribution in [0.25, 0.3) is 0 Å². The van der Waals surface area contributed by atoms with Gasteiger partial charge in [-0.1, -0.05) is 12.1 Å². The minimum Gasteiger partial charge on any atom is -0.273 e. The molecule has 0 saturated heterocycles. The first-order valence-corrected chi connectivity index (χ1v) is 8.17. The van der Waals surface area contributed by atoms with Crippen LogP contribution in [0.5, 0.6) is 0 Å². The zero-order valence-electron chi connectivity index (χ0n) is 14.3. The number of ketones is 1. The van der Waals surface area contributed by atoms with Crippen molar-refractivity contribution in [2.24, 2.45) is 0 Å². The molecule has 0 amide bonds. The van der Waals surface area contributed by atoms with Crippen molar-refractivity contribution in [1.82, 2.24) is 0 Å². The summed E-state index contributed by atoms with van der Waals surface area (Å²) in [5, 5.41) is 0. The zero-order chi connectivity index (χ0) is 17.1. The maximum absolute atomic E-state index is 13.2. The fourth-order valence-electron chi connectivity index (χ4n) is 2.72. The number of benzene rings is 3. The van der Waals surface area contributed by atoms with Crippen LogP contribution in [0.15, 0.2) is 72.8 Å². The van der Waals surface area contributed by atoms with Gasteiger partial charge in [0.1, 0.15) is 5.92 Å². The van der Waals surface area contributed by atoms with Gasteiger partial charge in [0.15, 0.2) is 0 Å². The van der Waals surface area contributed by atoms with Crippen LogP contribution in [0.3, 0.4) is 0 Å². The minimum atomic E-state index is 0.0581. The maximum Gasteiger partial charge on any atom is 0.248 e. The Labute approximate surface area is 144 Å². The monoisotopic (exact) mass is 313 g/mol. The lowest BCUT2D eigenvalue weighted by Crippen LogP contribution is -2.15. The second-order valence-corrected chi connectivity index (χ2v) is 6.30. The Morgan fingerprint density at radius 3 is 1.29 bits per heavy atom. The van der Waals surface area contributed by atoms with Crippen LogP contribution in [0, 0.1) is 26.7 Å². The summed E-state index contributed by atoms with van der Waals surface area (Å²) in [6.45, 7) is 6.13. The summed E-state index contributed by atoms with van der Waals surface area (Å²) < 4.78 is 0. The van der Waals surface area contributed by atoms with E-state index >= 15 is 0 Å². The number of carbonyl (C=O) groups excluding carboxylic acids is 1. The fourth-order valence-corrected chi connectivity index (χ4v) is 2.72. The van der Waals surface area contributed by atoms with Crippen LogP contribution in [0.2, 0.25) is 0 Å². The van der Waals surface area contributed by atoms with Crippen molar-refractivity contribution in [3.8, 4) is 0 Å². The van der Waals surface area contributed by atoms with E-state index in [0.717, 1.165) is 28.2 Å². The molecule has 0 spiro atoms. The molecular formula is C23H21O+. The highest BCUT2D eigenvalue weighted by Crippen LogP contribution is 2.28. The van der Waals surface area contributed by atoms with Crippen LogP contribution in [-0.4, -0.2) is 5.78 Å². The summed E-state index contributed by atoms with van der Waals surface area (Å²) in [5.74, 6) is 0.807. The van der Waals surface area contributed by atoms with Gasteiger partial charge in [-0.05, 0) is 98.1 Å². The number of hydrogen-bond acceptors (Lipinski definition) is 1. The number of rotatable bonds is 4. The van der Waals surface area contributed by atoms with Gasteiger partial charge >= 0.3 is 0 Å². The molecule has 24 heavy (non-hydrogen) atoms. The molecule has 0 aliphatic heterocycles. The standard InChI is InChI=1S/C23H21O/c1-16-4-10-19(11-5-16)22(20-12-6-17(2)7-13-20)23(24)21-14-8-18(3)9-15-21/h4-15H,1-3H3/q+1. The molecule has 118 valence electrons. The molecule has 0 saturated carbocycles. The summed E-state index contributed by atoms with van der Waals surface area (Å²) in [6, 6.07) is 24.1. The molecule has 1 heteroatoms. The Bertz CT molecular complexity index is 779. The van der Waals surface area contributed by atoms with Gasteiger partial charge in [-0.25, -0.2) is 0 Å². The predicted octanol–water partition coefficient (Wildman–Crippen LogP) is 5.47. The van der Waals surface area contributed by atoms with Crippen molar-refractivity contribution >= 4 is 5.78 Å². The van der Waals surface area contributed by atoms with Gasteiger partial charge in [0.2, 0.25) is 5.78 Å². The van der Waals surface area contributed by atoms with Gasteiger partial charge in [0.25, 0.3) is 0 Å². The molecule has 0 heterocycles. The SMILES string of the molecule is Cc1ccc(C(=O)[C+](c2ccc(C)cc2)c2ccc(C)cc2)cc1. The van der Waals surface area contributed by atoms with E-state index in [-0.39, 0.29) is 5.78 Å².